The number of esters is 2. The second-order valence-corrected chi connectivity index (χ2v) is 13.2. The third kappa shape index (κ3) is 9.80. The summed E-state index contributed by atoms with van der Waals surface area (Å²) in [6.07, 6.45) is 1.83. The van der Waals surface area contributed by atoms with Gasteiger partial charge in [-0.1, -0.05) is 67.9 Å². The molecule has 5 atom stereocenters. The molecular weight excluding hydrogens is 612 g/mol. The Bertz CT molecular complexity index is 1430. The number of rotatable bonds is 8. The summed E-state index contributed by atoms with van der Waals surface area (Å²) >= 11 is 6.30. The number of hydrogen-bond acceptors (Lipinski definition) is 8. The van der Waals surface area contributed by atoms with E-state index in [4.69, 9.17) is 30.5 Å². The molecule has 2 amide bonds. The van der Waals surface area contributed by atoms with Gasteiger partial charge in [0.05, 0.1) is 23.7 Å². The number of hydrogen-bond donors (Lipinski definition) is 2. The van der Waals surface area contributed by atoms with E-state index in [0.29, 0.717) is 22.8 Å². The maximum atomic E-state index is 13.4. The third-order valence-electron chi connectivity index (χ3n) is 7.90. The van der Waals surface area contributed by atoms with Gasteiger partial charge in [-0.25, -0.2) is 4.79 Å². The summed E-state index contributed by atoms with van der Waals surface area (Å²) in [4.78, 5) is 53.2. The number of epoxide rings is 1. The average Bonchev–Trinajstić information content (AvgIpc) is 3.78. The van der Waals surface area contributed by atoms with Crippen LogP contribution in [-0.2, 0) is 39.8 Å². The molecule has 4 rings (SSSR count). The van der Waals surface area contributed by atoms with Gasteiger partial charge in [-0.05, 0) is 55.5 Å². The van der Waals surface area contributed by atoms with Gasteiger partial charge in [0.1, 0.15) is 24.0 Å². The molecule has 2 N–H and O–H groups in total. The van der Waals surface area contributed by atoms with Crippen molar-refractivity contribution in [1.82, 2.24) is 10.6 Å². The first kappa shape index (κ1) is 35.0. The third-order valence-corrected chi connectivity index (χ3v) is 8.20. The molecular formula is C35H43ClN2O8. The molecule has 1 saturated heterocycles. The van der Waals surface area contributed by atoms with Crippen LogP contribution in [0.4, 0.5) is 0 Å². The zero-order chi connectivity index (χ0) is 33.4. The Kier molecular flexibility index (Phi) is 11.9. The predicted molar refractivity (Wildman–Crippen MR) is 172 cm³/mol. The number of cyclic esters (lactones) is 2. The summed E-state index contributed by atoms with van der Waals surface area (Å²) in [5.74, 6) is -1.79. The molecule has 10 nitrogen and oxygen atoms in total. The summed E-state index contributed by atoms with van der Waals surface area (Å²) in [6, 6.07) is 13.9. The van der Waals surface area contributed by atoms with Crippen molar-refractivity contribution in [1.29, 1.82) is 0 Å². The lowest BCUT2D eigenvalue weighted by Crippen LogP contribution is -2.51. The lowest BCUT2D eigenvalue weighted by atomic mass is 9.93. The average molecular weight is 655 g/mol. The normalized spacial score (nSPS) is 26.4. The van der Waals surface area contributed by atoms with Crippen LogP contribution in [0.5, 0.6) is 5.75 Å². The van der Waals surface area contributed by atoms with E-state index in [9.17, 15) is 19.2 Å². The van der Waals surface area contributed by atoms with Crippen LogP contribution in [0.25, 0.3) is 0 Å². The number of methoxy groups -OCH3 is 1. The fourth-order valence-corrected chi connectivity index (χ4v) is 5.47. The number of carbonyl (C=O) groups excluding carboxylic acids is 4. The van der Waals surface area contributed by atoms with Crippen LogP contribution in [0.2, 0.25) is 5.02 Å². The van der Waals surface area contributed by atoms with Crippen LogP contribution < -0.4 is 15.4 Å². The number of carbonyl (C=O) groups is 4. The Morgan fingerprint density at radius 3 is 2.46 bits per heavy atom. The molecule has 0 bridgehead atoms. The number of benzene rings is 2. The number of ether oxygens (including phenoxy) is 4. The van der Waals surface area contributed by atoms with E-state index in [1.165, 1.54) is 13.2 Å². The first-order chi connectivity index (χ1) is 21.9. The van der Waals surface area contributed by atoms with Crippen molar-refractivity contribution < 1.29 is 38.1 Å². The predicted octanol–water partition coefficient (Wildman–Crippen LogP) is 4.88. The van der Waals surface area contributed by atoms with Crippen LogP contribution in [0, 0.1) is 11.3 Å². The zero-order valence-corrected chi connectivity index (χ0v) is 27.7. The van der Waals surface area contributed by atoms with E-state index in [1.54, 1.807) is 38.1 Å². The highest BCUT2D eigenvalue weighted by atomic mass is 35.5. The topological polar surface area (TPSA) is 133 Å². The first-order valence-corrected chi connectivity index (χ1v) is 15.9. The Hall–Kier alpha value is -3.89. The largest absolute Gasteiger partial charge is 0.495 e. The van der Waals surface area contributed by atoms with Crippen molar-refractivity contribution in [3.63, 3.8) is 0 Å². The summed E-state index contributed by atoms with van der Waals surface area (Å²) in [7, 11) is 1.51. The van der Waals surface area contributed by atoms with Crippen LogP contribution in [-0.4, -0.2) is 61.8 Å². The molecule has 2 aromatic carbocycles. The molecule has 0 unspecified atom stereocenters. The number of halogens is 1. The Labute approximate surface area is 275 Å². The van der Waals surface area contributed by atoms with Crippen LogP contribution in [0.1, 0.15) is 64.2 Å². The Morgan fingerprint density at radius 1 is 1.04 bits per heavy atom. The van der Waals surface area contributed by atoms with Crippen LogP contribution in [0.3, 0.4) is 0 Å². The van der Waals surface area contributed by atoms with Crippen molar-refractivity contribution in [3.05, 3.63) is 76.8 Å². The van der Waals surface area contributed by atoms with E-state index in [2.05, 4.69) is 10.6 Å². The Morgan fingerprint density at radius 2 is 1.78 bits per heavy atom. The van der Waals surface area contributed by atoms with Gasteiger partial charge in [-0.15, -0.1) is 0 Å². The lowest BCUT2D eigenvalue weighted by Gasteiger charge is -2.28. The van der Waals surface area contributed by atoms with Crippen molar-refractivity contribution in [2.24, 2.45) is 11.3 Å². The fourth-order valence-electron chi connectivity index (χ4n) is 5.19. The molecule has 0 saturated carbocycles. The Balaban J connectivity index is 1.57. The molecule has 0 radical (unpaired) electrons. The van der Waals surface area contributed by atoms with Crippen molar-refractivity contribution in [2.75, 3.05) is 13.7 Å². The second kappa shape index (κ2) is 15.6. The zero-order valence-electron chi connectivity index (χ0n) is 26.9. The van der Waals surface area contributed by atoms with Crippen molar-refractivity contribution >= 4 is 35.4 Å². The molecule has 1 fully saturated rings. The van der Waals surface area contributed by atoms with Gasteiger partial charge in [0, 0.05) is 25.8 Å². The maximum Gasteiger partial charge on any atom is 0.347 e. The van der Waals surface area contributed by atoms with Gasteiger partial charge >= 0.3 is 11.9 Å². The van der Waals surface area contributed by atoms with E-state index in [1.807, 2.05) is 44.2 Å². The molecule has 11 heteroatoms. The number of nitrogens with one attached hydrogen (secondary N) is 2. The summed E-state index contributed by atoms with van der Waals surface area (Å²) in [5.41, 5.74) is 0.534. The van der Waals surface area contributed by atoms with Gasteiger partial charge in [-0.2, -0.15) is 0 Å². The van der Waals surface area contributed by atoms with Crippen LogP contribution in [0.15, 0.2) is 60.7 Å². The van der Waals surface area contributed by atoms with Gasteiger partial charge in [0.2, 0.25) is 11.8 Å². The summed E-state index contributed by atoms with van der Waals surface area (Å²) in [5, 5.41) is 5.89. The van der Waals surface area contributed by atoms with Crippen molar-refractivity contribution in [3.8, 4) is 5.75 Å². The van der Waals surface area contributed by atoms with Crippen LogP contribution >= 0.6 is 11.6 Å². The quantitative estimate of drug-likeness (QED) is 0.304. The minimum absolute atomic E-state index is 0.0299. The second-order valence-electron chi connectivity index (χ2n) is 12.8. The molecule has 46 heavy (non-hydrogen) atoms. The molecule has 2 aromatic rings. The minimum atomic E-state index is -1.19. The van der Waals surface area contributed by atoms with E-state index < -0.39 is 47.4 Å². The highest BCUT2D eigenvalue weighted by Gasteiger charge is 2.43. The molecule has 0 aromatic heterocycles. The van der Waals surface area contributed by atoms with Gasteiger partial charge in [0.15, 0.2) is 6.10 Å². The van der Waals surface area contributed by atoms with E-state index in [-0.39, 0.29) is 43.9 Å². The van der Waals surface area contributed by atoms with E-state index in [0.717, 1.165) is 5.56 Å². The smallest absolute Gasteiger partial charge is 0.347 e. The lowest BCUT2D eigenvalue weighted by molar-refractivity contribution is -0.177. The molecule has 2 aliphatic rings. The van der Waals surface area contributed by atoms with Gasteiger partial charge in [-0.3, -0.25) is 14.4 Å². The first-order valence-electron chi connectivity index (χ1n) is 15.6. The molecule has 2 heterocycles. The van der Waals surface area contributed by atoms with Crippen molar-refractivity contribution in [2.45, 2.75) is 83.8 Å². The standard InChI is InChI=1S/C35H43ClN2O8/c1-21(2)16-29-33(41)44-24(19-28-31(45-28)23-10-7-6-8-11-23)12-9-13-30(39)38-26(18-22-14-15-27(43-5)25(36)17-22)32(40)37-20-35(3,4)34(42)46-29/h6-11,13-15,17,21,24,26,28-29,31H,12,16,18-20H2,1-5H3,(H,37,40)(H,38,39)/b13-9+/t24-,26+,28+,29-,31+/m0/s1. The minimum Gasteiger partial charge on any atom is -0.495 e. The molecule has 0 spiro atoms. The fraction of sp³-hybridized carbons (Fsp3) is 0.486. The summed E-state index contributed by atoms with van der Waals surface area (Å²) < 4.78 is 22.8. The molecule has 0 aliphatic carbocycles. The maximum absolute atomic E-state index is 13.4. The SMILES string of the molecule is COc1ccc(C[C@H]2NC(=O)/C=C/C[C@@H](C[C@H]3O[C@@H]3c3ccccc3)OC(=O)[C@H](CC(C)C)OC(=O)C(C)(C)CNC2=O)cc1Cl. The molecule has 248 valence electrons. The highest BCUT2D eigenvalue weighted by Crippen LogP contribution is 2.42. The van der Waals surface area contributed by atoms with Gasteiger partial charge < -0.3 is 29.6 Å². The highest BCUT2D eigenvalue weighted by molar-refractivity contribution is 6.32. The summed E-state index contributed by atoms with van der Waals surface area (Å²) in [6.45, 7) is 6.98. The van der Waals surface area contributed by atoms with E-state index >= 15 is 0 Å². The monoisotopic (exact) mass is 654 g/mol. The molecule has 2 aliphatic heterocycles. The van der Waals surface area contributed by atoms with Gasteiger partial charge in [0.25, 0.3) is 0 Å². The number of amides is 2.